The summed E-state index contributed by atoms with van der Waals surface area (Å²) in [5, 5.41) is 0. The van der Waals surface area contributed by atoms with Gasteiger partial charge in [0.25, 0.3) is 0 Å². The molecule has 0 radical (unpaired) electrons. The molecule has 2 nitrogen and oxygen atoms in total. The van der Waals surface area contributed by atoms with Gasteiger partial charge in [-0.25, -0.2) is 4.39 Å². The zero-order valence-corrected chi connectivity index (χ0v) is 11.6. The Morgan fingerprint density at radius 3 is 2.76 bits per heavy atom. The van der Waals surface area contributed by atoms with Crippen LogP contribution in [0.1, 0.15) is 12.5 Å². The standard InChI is InChI=1S/C13H14FIN2/c1-8-3-2-6-13(17,12(8)16)10-5-4-9(15)7-11(10)14/h2-7,12H,16-17H2,1H3. The SMILES string of the molecule is CC1=CC=CC(N)(c2ccc(I)cc2F)C1N. The molecule has 0 fully saturated rings. The lowest BCUT2D eigenvalue weighted by Crippen LogP contribution is -2.53. The monoisotopic (exact) mass is 344 g/mol. The Morgan fingerprint density at radius 2 is 2.12 bits per heavy atom. The van der Waals surface area contributed by atoms with Crippen LogP contribution in [0.5, 0.6) is 0 Å². The molecule has 0 saturated heterocycles. The number of nitrogens with two attached hydrogens (primary N) is 2. The Labute approximate surface area is 114 Å². The van der Waals surface area contributed by atoms with E-state index < -0.39 is 11.6 Å². The van der Waals surface area contributed by atoms with Crippen LogP contribution >= 0.6 is 22.6 Å². The molecule has 0 aliphatic heterocycles. The molecule has 17 heavy (non-hydrogen) atoms. The van der Waals surface area contributed by atoms with Crippen molar-refractivity contribution < 1.29 is 4.39 Å². The molecule has 90 valence electrons. The van der Waals surface area contributed by atoms with E-state index in [0.29, 0.717) is 5.56 Å². The highest BCUT2D eigenvalue weighted by Gasteiger charge is 2.36. The van der Waals surface area contributed by atoms with E-state index in [9.17, 15) is 4.39 Å². The fourth-order valence-electron chi connectivity index (χ4n) is 2.04. The van der Waals surface area contributed by atoms with Crippen molar-refractivity contribution in [3.8, 4) is 0 Å². The molecule has 0 bridgehead atoms. The second-order valence-electron chi connectivity index (χ2n) is 4.30. The number of halogens is 2. The first-order valence-corrected chi connectivity index (χ1v) is 6.39. The summed E-state index contributed by atoms with van der Waals surface area (Å²) in [6.07, 6.45) is 5.49. The molecular formula is C13H14FIN2. The van der Waals surface area contributed by atoms with Crippen molar-refractivity contribution in [2.75, 3.05) is 0 Å². The van der Waals surface area contributed by atoms with Crippen LogP contribution in [0, 0.1) is 9.39 Å². The summed E-state index contributed by atoms with van der Waals surface area (Å²) in [5.41, 5.74) is 12.8. The van der Waals surface area contributed by atoms with Gasteiger partial charge in [0, 0.05) is 9.13 Å². The summed E-state index contributed by atoms with van der Waals surface area (Å²) in [5.74, 6) is -0.311. The number of allylic oxidation sites excluding steroid dienone is 2. The van der Waals surface area contributed by atoms with Crippen molar-refractivity contribution in [1.82, 2.24) is 0 Å². The van der Waals surface area contributed by atoms with E-state index in [1.54, 1.807) is 12.1 Å². The van der Waals surface area contributed by atoms with E-state index in [4.69, 9.17) is 11.5 Å². The molecule has 2 unspecified atom stereocenters. The van der Waals surface area contributed by atoms with Gasteiger partial charge in [-0.2, -0.15) is 0 Å². The predicted molar refractivity (Wildman–Crippen MR) is 75.9 cm³/mol. The third-order valence-corrected chi connectivity index (χ3v) is 3.80. The third-order valence-electron chi connectivity index (χ3n) is 3.13. The van der Waals surface area contributed by atoms with E-state index >= 15 is 0 Å². The van der Waals surface area contributed by atoms with Crippen LogP contribution in [0.25, 0.3) is 0 Å². The lowest BCUT2D eigenvalue weighted by molar-refractivity contribution is 0.447. The minimum absolute atomic E-state index is 0.311. The highest BCUT2D eigenvalue weighted by atomic mass is 127. The average molecular weight is 344 g/mol. The first-order valence-electron chi connectivity index (χ1n) is 5.31. The number of benzene rings is 1. The lowest BCUT2D eigenvalue weighted by Gasteiger charge is -2.36. The largest absolute Gasteiger partial charge is 0.322 e. The van der Waals surface area contributed by atoms with Crippen LogP contribution in [-0.2, 0) is 5.54 Å². The highest BCUT2D eigenvalue weighted by Crippen LogP contribution is 2.31. The van der Waals surface area contributed by atoms with Gasteiger partial charge in [-0.3, -0.25) is 0 Å². The van der Waals surface area contributed by atoms with Gasteiger partial charge in [0.15, 0.2) is 0 Å². The van der Waals surface area contributed by atoms with Crippen LogP contribution < -0.4 is 11.5 Å². The fourth-order valence-corrected chi connectivity index (χ4v) is 2.49. The topological polar surface area (TPSA) is 52.0 Å². The number of rotatable bonds is 1. The Morgan fingerprint density at radius 1 is 1.41 bits per heavy atom. The second-order valence-corrected chi connectivity index (χ2v) is 5.55. The molecule has 0 aromatic heterocycles. The van der Waals surface area contributed by atoms with Gasteiger partial charge >= 0.3 is 0 Å². The normalized spacial score (nSPS) is 28.1. The molecule has 0 amide bonds. The molecule has 0 spiro atoms. The van der Waals surface area contributed by atoms with Gasteiger partial charge in [-0.1, -0.05) is 29.9 Å². The Kier molecular flexibility index (Phi) is 3.38. The van der Waals surface area contributed by atoms with E-state index in [1.165, 1.54) is 6.07 Å². The summed E-state index contributed by atoms with van der Waals surface area (Å²) in [6, 6.07) is 4.61. The van der Waals surface area contributed by atoms with Crippen LogP contribution in [0.4, 0.5) is 4.39 Å². The summed E-state index contributed by atoms with van der Waals surface area (Å²) in [4.78, 5) is 0. The Bertz CT molecular complexity index is 510. The van der Waals surface area contributed by atoms with E-state index in [0.717, 1.165) is 9.14 Å². The minimum Gasteiger partial charge on any atom is -0.322 e. The van der Waals surface area contributed by atoms with Crippen molar-refractivity contribution in [3.05, 3.63) is 57.0 Å². The summed E-state index contributed by atoms with van der Waals surface area (Å²) < 4.78 is 14.8. The zero-order chi connectivity index (χ0) is 12.6. The summed E-state index contributed by atoms with van der Waals surface area (Å²) in [6.45, 7) is 1.90. The maximum atomic E-state index is 14.0. The average Bonchev–Trinajstić information content (AvgIpc) is 2.25. The predicted octanol–water partition coefficient (Wildman–Crippen LogP) is 2.43. The van der Waals surface area contributed by atoms with E-state index in [-0.39, 0.29) is 5.82 Å². The van der Waals surface area contributed by atoms with Gasteiger partial charge in [-0.05, 0) is 41.6 Å². The van der Waals surface area contributed by atoms with Gasteiger partial charge in [0.05, 0.1) is 11.6 Å². The maximum absolute atomic E-state index is 14.0. The molecule has 0 heterocycles. The van der Waals surface area contributed by atoms with Crippen LogP contribution in [0.2, 0.25) is 0 Å². The third kappa shape index (κ3) is 2.17. The van der Waals surface area contributed by atoms with Crippen molar-refractivity contribution >= 4 is 22.6 Å². The zero-order valence-electron chi connectivity index (χ0n) is 9.45. The highest BCUT2D eigenvalue weighted by molar-refractivity contribution is 14.1. The molecule has 1 aromatic rings. The first-order chi connectivity index (χ1) is 7.95. The maximum Gasteiger partial charge on any atom is 0.129 e. The fraction of sp³-hybridized carbons (Fsp3) is 0.231. The van der Waals surface area contributed by atoms with Gasteiger partial charge in [-0.15, -0.1) is 0 Å². The Hall–Kier alpha value is -0.720. The van der Waals surface area contributed by atoms with Gasteiger partial charge in [0.2, 0.25) is 0 Å². The molecule has 2 rings (SSSR count). The van der Waals surface area contributed by atoms with Crippen molar-refractivity contribution in [2.45, 2.75) is 18.5 Å². The van der Waals surface area contributed by atoms with Crippen molar-refractivity contribution in [3.63, 3.8) is 0 Å². The van der Waals surface area contributed by atoms with E-state index in [1.807, 2.05) is 25.1 Å². The molecule has 4 heteroatoms. The lowest BCUT2D eigenvalue weighted by atomic mass is 9.78. The molecule has 1 aromatic carbocycles. The number of hydrogen-bond acceptors (Lipinski definition) is 2. The number of hydrogen-bond donors (Lipinski definition) is 2. The van der Waals surface area contributed by atoms with Gasteiger partial charge in [0.1, 0.15) is 5.82 Å². The van der Waals surface area contributed by atoms with Crippen LogP contribution in [-0.4, -0.2) is 6.04 Å². The van der Waals surface area contributed by atoms with Gasteiger partial charge < -0.3 is 11.5 Å². The first kappa shape index (κ1) is 12.7. The molecule has 1 aliphatic carbocycles. The molecule has 2 atom stereocenters. The van der Waals surface area contributed by atoms with Crippen molar-refractivity contribution in [2.24, 2.45) is 11.5 Å². The Balaban J connectivity index is 2.52. The molecule has 0 saturated carbocycles. The minimum atomic E-state index is -0.965. The van der Waals surface area contributed by atoms with Crippen LogP contribution in [0.15, 0.2) is 42.0 Å². The summed E-state index contributed by atoms with van der Waals surface area (Å²) in [7, 11) is 0. The van der Waals surface area contributed by atoms with Crippen LogP contribution in [0.3, 0.4) is 0 Å². The molecule has 4 N–H and O–H groups in total. The quantitative estimate of drug-likeness (QED) is 0.769. The molecule has 1 aliphatic rings. The summed E-state index contributed by atoms with van der Waals surface area (Å²) >= 11 is 2.07. The smallest absolute Gasteiger partial charge is 0.129 e. The second kappa shape index (κ2) is 4.51. The molecular weight excluding hydrogens is 330 g/mol. The van der Waals surface area contributed by atoms with E-state index in [2.05, 4.69) is 22.6 Å². The van der Waals surface area contributed by atoms with Crippen molar-refractivity contribution in [1.29, 1.82) is 0 Å².